The molecule has 1 aliphatic heterocycles. The highest BCUT2D eigenvalue weighted by atomic mass is 16.1. The van der Waals surface area contributed by atoms with Crippen LogP contribution in [0.15, 0.2) is 17.1 Å². The lowest BCUT2D eigenvalue weighted by molar-refractivity contribution is 0.312. The van der Waals surface area contributed by atoms with Gasteiger partial charge in [0.2, 0.25) is 0 Å². The van der Waals surface area contributed by atoms with Crippen LogP contribution in [0, 0.1) is 11.3 Å². The molecule has 0 amide bonds. The van der Waals surface area contributed by atoms with Crippen LogP contribution in [0.25, 0.3) is 0 Å². The minimum absolute atomic E-state index is 0.0571. The van der Waals surface area contributed by atoms with Crippen molar-refractivity contribution in [2.75, 3.05) is 38.1 Å². The molecule has 2 heterocycles. The Bertz CT molecular complexity index is 525. The van der Waals surface area contributed by atoms with Gasteiger partial charge in [-0.1, -0.05) is 0 Å². The smallest absolute Gasteiger partial charge is 0.268 e. The third-order valence-electron chi connectivity index (χ3n) is 3.63. The zero-order chi connectivity index (χ0) is 14.4. The van der Waals surface area contributed by atoms with E-state index in [2.05, 4.69) is 28.0 Å². The second kappa shape index (κ2) is 7.06. The summed E-state index contributed by atoms with van der Waals surface area (Å²) in [4.78, 5) is 16.5. The standard InChI is InChI=1S/C14H21N5O/c1-17-7-9-18(10-8-17)13-11-14(20)19(16-12-13)6-4-2-3-5-15/h11-12H,2-4,6-10H2,1H3. The number of anilines is 1. The molecule has 0 saturated carbocycles. The van der Waals surface area contributed by atoms with Crippen molar-refractivity contribution in [2.45, 2.75) is 25.8 Å². The number of hydrogen-bond acceptors (Lipinski definition) is 5. The number of hydrogen-bond donors (Lipinski definition) is 0. The van der Waals surface area contributed by atoms with Gasteiger partial charge in [-0.15, -0.1) is 0 Å². The number of nitrogens with zero attached hydrogens (tertiary/aromatic N) is 5. The largest absolute Gasteiger partial charge is 0.368 e. The maximum Gasteiger partial charge on any atom is 0.268 e. The van der Waals surface area contributed by atoms with Gasteiger partial charge in [-0.05, 0) is 19.9 Å². The fourth-order valence-corrected chi connectivity index (χ4v) is 2.30. The Labute approximate surface area is 119 Å². The van der Waals surface area contributed by atoms with Crippen molar-refractivity contribution >= 4 is 5.69 Å². The van der Waals surface area contributed by atoms with E-state index >= 15 is 0 Å². The molecule has 0 unspecified atom stereocenters. The summed E-state index contributed by atoms with van der Waals surface area (Å²) >= 11 is 0. The molecule has 1 aromatic heterocycles. The van der Waals surface area contributed by atoms with Crippen LogP contribution in [0.2, 0.25) is 0 Å². The van der Waals surface area contributed by atoms with Gasteiger partial charge < -0.3 is 9.80 Å². The van der Waals surface area contributed by atoms with E-state index in [1.807, 2.05) is 0 Å². The number of nitriles is 1. The molecule has 0 bridgehead atoms. The molecule has 6 nitrogen and oxygen atoms in total. The summed E-state index contributed by atoms with van der Waals surface area (Å²) in [5.41, 5.74) is 0.856. The summed E-state index contributed by atoms with van der Waals surface area (Å²) in [6.07, 6.45) is 3.93. The van der Waals surface area contributed by atoms with Crippen LogP contribution in [0.1, 0.15) is 19.3 Å². The Balaban J connectivity index is 1.95. The van der Waals surface area contributed by atoms with Gasteiger partial charge in [-0.3, -0.25) is 4.79 Å². The van der Waals surface area contributed by atoms with Crippen LogP contribution in [0.5, 0.6) is 0 Å². The predicted octanol–water partition coefficient (Wildman–Crippen LogP) is 0.689. The van der Waals surface area contributed by atoms with Crippen LogP contribution < -0.4 is 10.5 Å². The Morgan fingerprint density at radius 2 is 2.05 bits per heavy atom. The Kier molecular flexibility index (Phi) is 5.13. The van der Waals surface area contributed by atoms with Gasteiger partial charge in [-0.25, -0.2) is 4.68 Å². The second-order valence-corrected chi connectivity index (χ2v) is 5.18. The van der Waals surface area contributed by atoms with Gasteiger partial charge in [-0.2, -0.15) is 10.4 Å². The van der Waals surface area contributed by atoms with Crippen molar-refractivity contribution in [3.05, 3.63) is 22.6 Å². The average molecular weight is 275 g/mol. The SMILES string of the molecule is CN1CCN(c2cnn(CCCCC#N)c(=O)c2)CC1. The van der Waals surface area contributed by atoms with E-state index in [1.54, 1.807) is 12.3 Å². The third kappa shape index (κ3) is 3.81. The molecule has 0 atom stereocenters. The summed E-state index contributed by atoms with van der Waals surface area (Å²) in [6.45, 7) is 4.48. The number of piperazine rings is 1. The van der Waals surface area contributed by atoms with Crippen molar-refractivity contribution in [2.24, 2.45) is 0 Å². The first-order valence-corrected chi connectivity index (χ1v) is 7.08. The van der Waals surface area contributed by atoms with Crippen LogP contribution in [0.3, 0.4) is 0 Å². The van der Waals surface area contributed by atoms with E-state index in [0.29, 0.717) is 13.0 Å². The van der Waals surface area contributed by atoms with Gasteiger partial charge in [0.15, 0.2) is 0 Å². The van der Waals surface area contributed by atoms with E-state index in [9.17, 15) is 4.79 Å². The predicted molar refractivity (Wildman–Crippen MR) is 77.7 cm³/mol. The molecule has 20 heavy (non-hydrogen) atoms. The van der Waals surface area contributed by atoms with Gasteiger partial charge in [0, 0.05) is 45.2 Å². The summed E-state index contributed by atoms with van der Waals surface area (Å²) in [6, 6.07) is 3.78. The molecular weight excluding hydrogens is 254 g/mol. The van der Waals surface area contributed by atoms with E-state index in [-0.39, 0.29) is 5.56 Å². The second-order valence-electron chi connectivity index (χ2n) is 5.18. The molecule has 0 spiro atoms. The fourth-order valence-electron chi connectivity index (χ4n) is 2.30. The van der Waals surface area contributed by atoms with E-state index in [4.69, 9.17) is 5.26 Å². The van der Waals surface area contributed by atoms with Crippen molar-refractivity contribution in [3.63, 3.8) is 0 Å². The molecule has 1 fully saturated rings. The minimum Gasteiger partial charge on any atom is -0.368 e. The third-order valence-corrected chi connectivity index (χ3v) is 3.63. The van der Waals surface area contributed by atoms with Gasteiger partial charge in [0.05, 0.1) is 18.0 Å². The fraction of sp³-hybridized carbons (Fsp3) is 0.643. The van der Waals surface area contributed by atoms with E-state index < -0.39 is 0 Å². The maximum atomic E-state index is 12.0. The lowest BCUT2D eigenvalue weighted by Gasteiger charge is -2.33. The molecule has 0 aliphatic carbocycles. The zero-order valence-corrected chi connectivity index (χ0v) is 12.0. The normalized spacial score (nSPS) is 16.1. The first-order valence-electron chi connectivity index (χ1n) is 7.08. The zero-order valence-electron chi connectivity index (χ0n) is 12.0. The van der Waals surface area contributed by atoms with Crippen molar-refractivity contribution in [1.82, 2.24) is 14.7 Å². The Hall–Kier alpha value is -1.87. The molecule has 0 aromatic carbocycles. The first-order chi connectivity index (χ1) is 9.70. The van der Waals surface area contributed by atoms with Gasteiger partial charge >= 0.3 is 0 Å². The van der Waals surface area contributed by atoms with Gasteiger partial charge in [0.1, 0.15) is 0 Å². The highest BCUT2D eigenvalue weighted by Gasteiger charge is 2.15. The maximum absolute atomic E-state index is 12.0. The molecule has 1 aromatic rings. The molecule has 2 rings (SSSR count). The quantitative estimate of drug-likeness (QED) is 0.740. The summed E-state index contributed by atoms with van der Waals surface area (Å²) in [7, 11) is 2.11. The summed E-state index contributed by atoms with van der Waals surface area (Å²) in [5.74, 6) is 0. The topological polar surface area (TPSA) is 65.2 Å². The number of unbranched alkanes of at least 4 members (excludes halogenated alkanes) is 2. The monoisotopic (exact) mass is 275 g/mol. The molecule has 1 aliphatic rings. The van der Waals surface area contributed by atoms with Crippen LogP contribution in [-0.4, -0.2) is 47.9 Å². The Morgan fingerprint density at radius 3 is 2.70 bits per heavy atom. The molecule has 0 N–H and O–H groups in total. The lowest BCUT2D eigenvalue weighted by atomic mass is 10.2. The van der Waals surface area contributed by atoms with Crippen LogP contribution in [-0.2, 0) is 6.54 Å². The van der Waals surface area contributed by atoms with Crippen LogP contribution in [0.4, 0.5) is 5.69 Å². The van der Waals surface area contributed by atoms with E-state index in [1.165, 1.54) is 4.68 Å². The minimum atomic E-state index is -0.0571. The first kappa shape index (κ1) is 14.5. The van der Waals surface area contributed by atoms with Crippen molar-refractivity contribution < 1.29 is 0 Å². The average Bonchev–Trinajstić information content (AvgIpc) is 2.46. The molecule has 1 saturated heterocycles. The number of aryl methyl sites for hydroxylation is 1. The molecule has 108 valence electrons. The van der Waals surface area contributed by atoms with Crippen molar-refractivity contribution in [3.8, 4) is 6.07 Å². The number of likely N-dealkylation sites (N-methyl/N-ethyl adjacent to an activating group) is 1. The summed E-state index contributed by atoms with van der Waals surface area (Å²) < 4.78 is 1.48. The molecule has 6 heteroatoms. The summed E-state index contributed by atoms with van der Waals surface area (Å²) in [5, 5.41) is 12.7. The highest BCUT2D eigenvalue weighted by Crippen LogP contribution is 2.12. The van der Waals surface area contributed by atoms with Gasteiger partial charge in [0.25, 0.3) is 5.56 Å². The number of aromatic nitrogens is 2. The molecule has 0 radical (unpaired) electrons. The lowest BCUT2D eigenvalue weighted by Crippen LogP contribution is -2.45. The Morgan fingerprint density at radius 1 is 1.30 bits per heavy atom. The van der Waals surface area contributed by atoms with Crippen molar-refractivity contribution in [1.29, 1.82) is 5.26 Å². The highest BCUT2D eigenvalue weighted by molar-refractivity contribution is 5.43. The van der Waals surface area contributed by atoms with E-state index in [0.717, 1.165) is 44.7 Å². The molecular formula is C14H21N5O. The van der Waals surface area contributed by atoms with Crippen LogP contribution >= 0.6 is 0 Å². The number of rotatable bonds is 5.